The summed E-state index contributed by atoms with van der Waals surface area (Å²) in [5.41, 5.74) is 4.39. The number of nitrogens with one attached hydrogen (secondary N) is 1. The molecule has 0 saturated carbocycles. The van der Waals surface area contributed by atoms with Crippen molar-refractivity contribution < 1.29 is 0 Å². The van der Waals surface area contributed by atoms with Crippen molar-refractivity contribution in [1.82, 2.24) is 0 Å². The minimum absolute atomic E-state index is 0. The molecule has 0 atom stereocenters. The van der Waals surface area contributed by atoms with Gasteiger partial charge in [-0.3, -0.25) is 5.41 Å². The normalized spacial score (nSPS) is 3.75. The molecule has 0 spiro atoms. The van der Waals surface area contributed by atoms with E-state index in [9.17, 15) is 0 Å². The van der Waals surface area contributed by atoms with E-state index in [0.717, 1.165) is 6.34 Å². The molecule has 0 aromatic rings. The monoisotopic (exact) mass is 718 g/mol. The van der Waals surface area contributed by atoms with Gasteiger partial charge in [0, 0.05) is 85.9 Å². The second-order valence-electron chi connectivity index (χ2n) is 0.238. The summed E-state index contributed by atoms with van der Waals surface area (Å²) in [6, 6.07) is 0. The summed E-state index contributed by atoms with van der Waals surface area (Å²) in [7, 11) is 0. The molecule has 0 bridgehead atoms. The Morgan fingerprint density at radius 2 is 1.50 bits per heavy atom. The molecule has 8 heavy (non-hydrogen) atoms. The first-order valence-electron chi connectivity index (χ1n) is 1.000. The van der Waals surface area contributed by atoms with Crippen LogP contribution in [0.3, 0.4) is 0 Å². The van der Waals surface area contributed by atoms with E-state index in [4.69, 9.17) is 5.41 Å². The molecule has 0 saturated heterocycles. The number of rotatable bonds is 0. The van der Waals surface area contributed by atoms with Gasteiger partial charge >= 0.3 is 51.2 Å². The Balaban J connectivity index is -0.0000000160. The van der Waals surface area contributed by atoms with Gasteiger partial charge in [0.25, 0.3) is 0 Å². The summed E-state index contributed by atoms with van der Waals surface area (Å²) in [4.78, 5) is 0. The minimum atomic E-state index is 0. The Kier molecular flexibility index (Phi) is 86.0. The van der Waals surface area contributed by atoms with Crippen LogP contribution in [0.1, 0.15) is 0 Å². The molecule has 0 aliphatic rings. The number of hydrogen-bond donors (Lipinski definition) is 2. The van der Waals surface area contributed by atoms with Gasteiger partial charge in [0.2, 0.25) is 0 Å². The molecule has 0 heterocycles. The first kappa shape index (κ1) is 22.8. The first-order valence-corrected chi connectivity index (χ1v) is 22.9. The molecule has 0 rings (SSSR count). The molecule has 0 unspecified atom stereocenters. The Labute approximate surface area is 149 Å². The van der Waals surface area contributed by atoms with Crippen LogP contribution in [0.15, 0.2) is 0 Å². The fourth-order valence-electron chi connectivity index (χ4n) is 0. The molecular formula is CH4BrCsI2N2Pb. The van der Waals surface area contributed by atoms with Gasteiger partial charge in [-0.1, -0.05) is 0 Å². The van der Waals surface area contributed by atoms with Crippen LogP contribution in [-0.2, 0) is 0 Å². The molecule has 0 aliphatic carbocycles. The van der Waals surface area contributed by atoms with E-state index >= 15 is 0 Å². The van der Waals surface area contributed by atoms with Crippen LogP contribution >= 0.6 is 52.5 Å². The fourth-order valence-corrected chi connectivity index (χ4v) is 0. The van der Waals surface area contributed by atoms with Crippen LogP contribution in [0, 0.1) is 5.41 Å². The van der Waals surface area contributed by atoms with Crippen LogP contribution < -0.4 is 5.73 Å². The number of nitrogens with two attached hydrogens (primary N) is 1. The zero-order valence-electron chi connectivity index (χ0n) is 4.29. The molecule has 0 aliphatic heterocycles. The van der Waals surface area contributed by atoms with Crippen LogP contribution in [0.25, 0.3) is 0 Å². The molecular weight excluding hydrogens is 714 g/mol. The Bertz CT molecular complexity index is 34.0. The van der Waals surface area contributed by atoms with Gasteiger partial charge in [-0.2, -0.15) is 0 Å². The third-order valence-corrected chi connectivity index (χ3v) is 0. The summed E-state index contributed by atoms with van der Waals surface area (Å²) in [5, 5.41) is 5.86. The maximum absolute atomic E-state index is 5.86. The second-order valence-corrected chi connectivity index (χ2v) is 28.4. The first-order chi connectivity index (χ1) is 2.83. The fraction of sp³-hybridized carbons (Fsp3) is 0. The predicted octanol–water partition coefficient (Wildman–Crippen LogP) is 1.41. The number of halogens is 3. The van der Waals surface area contributed by atoms with Gasteiger partial charge in [-0.15, -0.1) is 0 Å². The summed E-state index contributed by atoms with van der Waals surface area (Å²) in [5.74, 6) is 0. The molecule has 0 aromatic heterocycles. The van der Waals surface area contributed by atoms with Crippen molar-refractivity contribution in [2.24, 2.45) is 5.73 Å². The Hall–Kier alpha value is 4.38. The molecule has 0 aromatic carbocycles. The van der Waals surface area contributed by atoms with Crippen molar-refractivity contribution in [3.05, 3.63) is 0 Å². The van der Waals surface area contributed by atoms with Crippen molar-refractivity contribution in [2.45, 2.75) is 0 Å². The third-order valence-electron chi connectivity index (χ3n) is 0. The van der Waals surface area contributed by atoms with E-state index < -0.39 is 0 Å². The van der Waals surface area contributed by atoms with E-state index in [1.54, 1.807) is 0 Å². The Morgan fingerprint density at radius 3 is 1.50 bits per heavy atom. The van der Waals surface area contributed by atoms with Crippen molar-refractivity contribution in [3.8, 4) is 0 Å². The Morgan fingerprint density at radius 1 is 1.50 bits per heavy atom. The topological polar surface area (TPSA) is 49.9 Å². The summed E-state index contributed by atoms with van der Waals surface area (Å²) < 4.78 is 0. The molecule has 3 N–H and O–H groups in total. The van der Waals surface area contributed by atoms with Crippen molar-refractivity contribution in [2.75, 3.05) is 0 Å². The van der Waals surface area contributed by atoms with E-state index in [1.807, 2.05) is 0 Å². The van der Waals surface area contributed by atoms with Gasteiger partial charge in [0.05, 0.1) is 6.34 Å². The quantitative estimate of drug-likeness (QED) is 0.170. The molecule has 0 fully saturated rings. The molecule has 7 heteroatoms. The average molecular weight is 718 g/mol. The van der Waals surface area contributed by atoms with Gasteiger partial charge in [-0.25, -0.2) is 0 Å². The van der Waals surface area contributed by atoms with Crippen LogP contribution in [0.4, 0.5) is 0 Å². The van der Waals surface area contributed by atoms with Gasteiger partial charge in [-0.05, 0) is 0 Å². The van der Waals surface area contributed by atoms with Crippen LogP contribution in [0.5, 0.6) is 0 Å². The van der Waals surface area contributed by atoms with E-state index in [2.05, 4.69) is 41.3 Å². The zero-order valence-corrected chi connectivity index (χ0v) is 20.4. The SMILES string of the molecule is N=CN.[Br].[Cs].[I][Pb][I]. The average Bonchev–Trinajstić information content (AvgIpc) is 1.39. The van der Waals surface area contributed by atoms with Gasteiger partial charge in [0.1, 0.15) is 0 Å². The summed E-state index contributed by atoms with van der Waals surface area (Å²) >= 11 is 4.96. The molecule has 44 valence electrons. The molecule has 2 nitrogen and oxygen atoms in total. The molecule has 4 radical (unpaired) electrons. The van der Waals surface area contributed by atoms with Crippen molar-refractivity contribution >= 4 is 143 Å². The predicted molar refractivity (Wildman–Crippen MR) is 61.4 cm³/mol. The van der Waals surface area contributed by atoms with Gasteiger partial charge in [0.15, 0.2) is 0 Å². The van der Waals surface area contributed by atoms with E-state index in [1.165, 1.54) is 0 Å². The van der Waals surface area contributed by atoms with Crippen molar-refractivity contribution in [1.29, 1.82) is 5.41 Å². The summed E-state index contributed by atoms with van der Waals surface area (Å²) in [6.45, 7) is 0. The van der Waals surface area contributed by atoms with Crippen molar-refractivity contribution in [3.63, 3.8) is 0 Å². The van der Waals surface area contributed by atoms with Crippen LogP contribution in [0.2, 0.25) is 0 Å². The maximum atomic E-state index is 5.86. The number of hydrogen-bond acceptors (Lipinski definition) is 1. The van der Waals surface area contributed by atoms with E-state index in [-0.39, 0.29) is 102 Å². The summed E-state index contributed by atoms with van der Waals surface area (Å²) in [6.07, 6.45) is 0.750. The van der Waals surface area contributed by atoms with E-state index in [0.29, 0.717) is 0 Å². The standard InChI is InChI=1S/CH4N2.Br.Cs.2HI.Pb/c2-1-3;;;;;/h1H,(H3,2,3);;;2*1H;/q;;;;;+2/p-2. The van der Waals surface area contributed by atoms with Crippen LogP contribution in [-0.4, -0.2) is 90.9 Å². The second kappa shape index (κ2) is 30.1. The third kappa shape index (κ3) is 47.6. The van der Waals surface area contributed by atoms with Gasteiger partial charge < -0.3 is 5.73 Å². The molecule has 0 amide bonds. The zero-order chi connectivity index (χ0) is 5.41.